The van der Waals surface area contributed by atoms with E-state index in [4.69, 9.17) is 0 Å². The van der Waals surface area contributed by atoms with E-state index in [-0.39, 0.29) is 11.8 Å². The van der Waals surface area contributed by atoms with Crippen LogP contribution in [0.4, 0.5) is 11.4 Å². The van der Waals surface area contributed by atoms with Crippen molar-refractivity contribution >= 4 is 39.1 Å². The smallest absolute Gasteiger partial charge is 0.275 e. The van der Waals surface area contributed by atoms with E-state index in [1.54, 1.807) is 18.2 Å². The number of amides is 2. The second-order valence-electron chi connectivity index (χ2n) is 5.16. The van der Waals surface area contributed by atoms with E-state index in [0.29, 0.717) is 28.7 Å². The fourth-order valence-electron chi connectivity index (χ4n) is 2.35. The topological polar surface area (TPSA) is 71.1 Å². The van der Waals surface area contributed by atoms with Gasteiger partial charge in [-0.05, 0) is 65.2 Å². The van der Waals surface area contributed by atoms with Crippen molar-refractivity contribution in [2.24, 2.45) is 0 Å². The van der Waals surface area contributed by atoms with Crippen LogP contribution in [-0.2, 0) is 11.2 Å². The number of carbonyl (C=O) groups excluding carboxylic acids is 2. The highest BCUT2D eigenvalue weighted by Crippen LogP contribution is 2.26. The van der Waals surface area contributed by atoms with Crippen LogP contribution in [0.1, 0.15) is 28.2 Å². The molecule has 0 bridgehead atoms. The van der Waals surface area contributed by atoms with Gasteiger partial charge in [0.25, 0.3) is 5.91 Å². The Labute approximate surface area is 136 Å². The third kappa shape index (κ3) is 3.01. The summed E-state index contributed by atoms with van der Waals surface area (Å²) in [7, 11) is 0. The van der Waals surface area contributed by atoms with Gasteiger partial charge >= 0.3 is 0 Å². The van der Waals surface area contributed by atoms with Gasteiger partial charge in [0, 0.05) is 28.0 Å². The highest BCUT2D eigenvalue weighted by molar-refractivity contribution is 9.10. The Kier molecular flexibility index (Phi) is 3.94. The predicted molar refractivity (Wildman–Crippen MR) is 88.0 cm³/mol. The molecule has 22 heavy (non-hydrogen) atoms. The van der Waals surface area contributed by atoms with Gasteiger partial charge in [-0.1, -0.05) is 0 Å². The molecule has 1 aromatic heterocycles. The molecule has 2 amide bonds. The molecule has 3 rings (SSSR count). The third-order valence-corrected chi connectivity index (χ3v) is 4.10. The van der Waals surface area contributed by atoms with Crippen molar-refractivity contribution in [3.63, 3.8) is 0 Å². The van der Waals surface area contributed by atoms with Gasteiger partial charge in [-0.25, -0.2) is 4.98 Å². The Morgan fingerprint density at radius 3 is 2.91 bits per heavy atom. The normalized spacial score (nSPS) is 13.3. The number of fused-ring (bicyclic) bond motifs is 1. The second-order valence-corrected chi connectivity index (χ2v) is 6.01. The molecule has 6 heteroatoms. The average molecular weight is 360 g/mol. The number of nitrogens with one attached hydrogen (secondary N) is 2. The van der Waals surface area contributed by atoms with Crippen molar-refractivity contribution in [3.8, 4) is 0 Å². The minimum absolute atomic E-state index is 0.0252. The molecule has 0 radical (unpaired) electrons. The Bertz CT molecular complexity index is 774. The number of nitrogens with zero attached hydrogens (tertiary/aromatic N) is 1. The molecule has 0 spiro atoms. The standard InChI is InChI=1S/C16H14BrN3O2/c1-9-2-5-12(17)15(18-9)16(22)19-11-4-6-13-10(8-11)3-7-14(21)20-13/h2,4-6,8H,3,7H2,1H3,(H,19,22)(H,20,21). The molecule has 1 aromatic carbocycles. The van der Waals surface area contributed by atoms with Gasteiger partial charge in [0.2, 0.25) is 5.91 Å². The number of halogens is 1. The number of hydrogen-bond acceptors (Lipinski definition) is 3. The van der Waals surface area contributed by atoms with Crippen LogP contribution < -0.4 is 10.6 Å². The Hall–Kier alpha value is -2.21. The van der Waals surface area contributed by atoms with Gasteiger partial charge < -0.3 is 10.6 Å². The van der Waals surface area contributed by atoms with E-state index >= 15 is 0 Å². The van der Waals surface area contributed by atoms with E-state index in [1.165, 1.54) is 0 Å². The quantitative estimate of drug-likeness (QED) is 0.863. The van der Waals surface area contributed by atoms with Crippen molar-refractivity contribution in [2.75, 3.05) is 10.6 Å². The summed E-state index contributed by atoms with van der Waals surface area (Å²) in [5.74, 6) is -0.243. The largest absolute Gasteiger partial charge is 0.326 e. The molecule has 5 nitrogen and oxygen atoms in total. The molecular formula is C16H14BrN3O2. The number of carbonyl (C=O) groups is 2. The van der Waals surface area contributed by atoms with E-state index in [1.807, 2.05) is 19.1 Å². The molecular weight excluding hydrogens is 346 g/mol. The lowest BCUT2D eigenvalue weighted by molar-refractivity contribution is -0.116. The molecule has 1 aliphatic heterocycles. The zero-order chi connectivity index (χ0) is 15.7. The number of aryl methyl sites for hydroxylation is 2. The van der Waals surface area contributed by atoms with Gasteiger partial charge in [0.05, 0.1) is 0 Å². The van der Waals surface area contributed by atoms with Crippen LogP contribution >= 0.6 is 15.9 Å². The van der Waals surface area contributed by atoms with Gasteiger partial charge in [-0.3, -0.25) is 9.59 Å². The number of aromatic nitrogens is 1. The second kappa shape index (κ2) is 5.88. The van der Waals surface area contributed by atoms with Gasteiger partial charge in [0.15, 0.2) is 0 Å². The Morgan fingerprint density at radius 1 is 1.27 bits per heavy atom. The minimum Gasteiger partial charge on any atom is -0.326 e. The summed E-state index contributed by atoms with van der Waals surface area (Å²) < 4.78 is 0.654. The molecule has 112 valence electrons. The average Bonchev–Trinajstić information content (AvgIpc) is 2.49. The zero-order valence-corrected chi connectivity index (χ0v) is 13.5. The molecule has 0 atom stereocenters. The molecule has 2 heterocycles. The summed E-state index contributed by atoms with van der Waals surface area (Å²) in [6.45, 7) is 1.84. The molecule has 1 aliphatic rings. The van der Waals surface area contributed by atoms with Crippen LogP contribution in [0.25, 0.3) is 0 Å². The molecule has 0 saturated carbocycles. The van der Waals surface area contributed by atoms with Crippen LogP contribution in [-0.4, -0.2) is 16.8 Å². The van der Waals surface area contributed by atoms with Crippen LogP contribution in [0.3, 0.4) is 0 Å². The third-order valence-electron chi connectivity index (χ3n) is 3.46. The fraction of sp³-hybridized carbons (Fsp3) is 0.188. The number of pyridine rings is 1. The highest BCUT2D eigenvalue weighted by atomic mass is 79.9. The number of anilines is 2. The minimum atomic E-state index is -0.268. The van der Waals surface area contributed by atoms with Crippen LogP contribution in [0.15, 0.2) is 34.8 Å². The van der Waals surface area contributed by atoms with Gasteiger partial charge in [-0.15, -0.1) is 0 Å². The first-order chi connectivity index (χ1) is 10.5. The van der Waals surface area contributed by atoms with E-state index in [0.717, 1.165) is 16.9 Å². The summed E-state index contributed by atoms with van der Waals surface area (Å²) in [5, 5.41) is 5.66. The van der Waals surface area contributed by atoms with Crippen molar-refractivity contribution in [1.82, 2.24) is 4.98 Å². The lowest BCUT2D eigenvalue weighted by atomic mass is 10.0. The highest BCUT2D eigenvalue weighted by Gasteiger charge is 2.17. The summed E-state index contributed by atoms with van der Waals surface area (Å²) in [5.41, 5.74) is 3.65. The summed E-state index contributed by atoms with van der Waals surface area (Å²) >= 11 is 3.34. The van der Waals surface area contributed by atoms with Crippen LogP contribution in [0.5, 0.6) is 0 Å². The van der Waals surface area contributed by atoms with E-state index < -0.39 is 0 Å². The predicted octanol–water partition coefficient (Wildman–Crippen LogP) is 3.29. The Morgan fingerprint density at radius 2 is 2.09 bits per heavy atom. The molecule has 2 aromatic rings. The van der Waals surface area contributed by atoms with Crippen molar-refractivity contribution < 1.29 is 9.59 Å². The van der Waals surface area contributed by atoms with Crippen LogP contribution in [0, 0.1) is 6.92 Å². The number of hydrogen-bond donors (Lipinski definition) is 2. The van der Waals surface area contributed by atoms with Gasteiger partial charge in [0.1, 0.15) is 5.69 Å². The molecule has 0 unspecified atom stereocenters. The summed E-state index contributed by atoms with van der Waals surface area (Å²) in [4.78, 5) is 27.9. The zero-order valence-electron chi connectivity index (χ0n) is 11.9. The SMILES string of the molecule is Cc1ccc(Br)c(C(=O)Nc2ccc3c(c2)CCC(=O)N3)n1. The first kappa shape index (κ1) is 14.7. The maximum atomic E-state index is 12.3. The number of rotatable bonds is 2. The molecule has 0 fully saturated rings. The fourth-order valence-corrected chi connectivity index (χ4v) is 2.75. The van der Waals surface area contributed by atoms with Gasteiger partial charge in [-0.2, -0.15) is 0 Å². The lowest BCUT2D eigenvalue weighted by Gasteiger charge is -2.17. The lowest BCUT2D eigenvalue weighted by Crippen LogP contribution is -2.20. The molecule has 0 aliphatic carbocycles. The Balaban J connectivity index is 1.83. The van der Waals surface area contributed by atoms with E-state index in [9.17, 15) is 9.59 Å². The maximum absolute atomic E-state index is 12.3. The van der Waals surface area contributed by atoms with Crippen molar-refractivity contribution in [2.45, 2.75) is 19.8 Å². The van der Waals surface area contributed by atoms with Crippen molar-refractivity contribution in [3.05, 3.63) is 51.8 Å². The molecule has 2 N–H and O–H groups in total. The molecule has 0 saturated heterocycles. The number of benzene rings is 1. The van der Waals surface area contributed by atoms with Crippen LogP contribution in [0.2, 0.25) is 0 Å². The summed E-state index contributed by atoms with van der Waals surface area (Å²) in [6, 6.07) is 9.10. The first-order valence-corrected chi connectivity index (χ1v) is 7.69. The van der Waals surface area contributed by atoms with Crippen molar-refractivity contribution in [1.29, 1.82) is 0 Å². The summed E-state index contributed by atoms with van der Waals surface area (Å²) in [6.07, 6.45) is 1.15. The maximum Gasteiger partial charge on any atom is 0.275 e. The monoisotopic (exact) mass is 359 g/mol. The first-order valence-electron chi connectivity index (χ1n) is 6.90. The van der Waals surface area contributed by atoms with E-state index in [2.05, 4.69) is 31.5 Å².